The second kappa shape index (κ2) is 7.64. The average molecular weight is 286 g/mol. The Morgan fingerprint density at radius 1 is 1.05 bits per heavy atom. The molecule has 0 aliphatic rings. The van der Waals surface area contributed by atoms with Gasteiger partial charge in [-0.25, -0.2) is 4.98 Å². The van der Waals surface area contributed by atoms with Gasteiger partial charge < -0.3 is 14.8 Å². The minimum absolute atomic E-state index is 0.433. The Morgan fingerprint density at radius 2 is 1.76 bits per heavy atom. The molecule has 1 aromatic carbocycles. The van der Waals surface area contributed by atoms with Crippen LogP contribution in [0.15, 0.2) is 42.5 Å². The van der Waals surface area contributed by atoms with E-state index in [-0.39, 0.29) is 0 Å². The third kappa shape index (κ3) is 5.08. The van der Waals surface area contributed by atoms with Crippen LogP contribution in [0.3, 0.4) is 0 Å². The molecule has 1 N–H and O–H groups in total. The summed E-state index contributed by atoms with van der Waals surface area (Å²) in [5.41, 5.74) is 0.965. The van der Waals surface area contributed by atoms with E-state index in [9.17, 15) is 0 Å². The Labute approximate surface area is 126 Å². The van der Waals surface area contributed by atoms with E-state index in [4.69, 9.17) is 9.47 Å². The minimum atomic E-state index is 0.433. The molecular weight excluding hydrogens is 264 g/mol. The number of pyridine rings is 1. The molecule has 0 bridgehead atoms. The fourth-order valence-corrected chi connectivity index (χ4v) is 1.81. The van der Waals surface area contributed by atoms with Crippen LogP contribution in [0.4, 0.5) is 0 Å². The number of aromatic nitrogens is 1. The van der Waals surface area contributed by atoms with E-state index in [1.54, 1.807) is 0 Å². The van der Waals surface area contributed by atoms with Crippen molar-refractivity contribution in [2.24, 2.45) is 0 Å². The predicted octanol–water partition coefficient (Wildman–Crippen LogP) is 3.77. The summed E-state index contributed by atoms with van der Waals surface area (Å²) in [5, 5.41) is 3.34. The summed E-state index contributed by atoms with van der Waals surface area (Å²) >= 11 is 0. The largest absolute Gasteiger partial charge is 0.494 e. The second-order valence-corrected chi connectivity index (χ2v) is 5.01. The van der Waals surface area contributed by atoms with Crippen LogP contribution in [-0.2, 0) is 6.54 Å². The van der Waals surface area contributed by atoms with Crippen LogP contribution < -0.4 is 14.8 Å². The van der Waals surface area contributed by atoms with Gasteiger partial charge in [-0.05, 0) is 37.3 Å². The van der Waals surface area contributed by atoms with Crippen LogP contribution in [0, 0.1) is 0 Å². The first kappa shape index (κ1) is 15.3. The highest BCUT2D eigenvalue weighted by Crippen LogP contribution is 2.22. The first-order chi connectivity index (χ1) is 10.2. The van der Waals surface area contributed by atoms with Gasteiger partial charge in [0.2, 0.25) is 5.88 Å². The third-order valence-electron chi connectivity index (χ3n) is 2.83. The SMILES string of the molecule is CCOc1ccc(Oc2cccc(CNC(C)C)n2)cc1. The van der Waals surface area contributed by atoms with Crippen molar-refractivity contribution in [2.75, 3.05) is 6.61 Å². The molecule has 0 saturated carbocycles. The van der Waals surface area contributed by atoms with Crippen LogP contribution >= 0.6 is 0 Å². The Kier molecular flexibility index (Phi) is 5.58. The maximum absolute atomic E-state index is 5.76. The number of rotatable bonds is 7. The van der Waals surface area contributed by atoms with Gasteiger partial charge in [-0.15, -0.1) is 0 Å². The van der Waals surface area contributed by atoms with Gasteiger partial charge in [0, 0.05) is 18.7 Å². The lowest BCUT2D eigenvalue weighted by molar-refractivity contribution is 0.339. The van der Waals surface area contributed by atoms with Crippen LogP contribution in [0.2, 0.25) is 0 Å². The van der Waals surface area contributed by atoms with Crippen LogP contribution in [0.25, 0.3) is 0 Å². The first-order valence-corrected chi connectivity index (χ1v) is 7.27. The number of hydrogen-bond donors (Lipinski definition) is 1. The zero-order chi connectivity index (χ0) is 15.1. The van der Waals surface area contributed by atoms with Crippen molar-refractivity contribution in [1.82, 2.24) is 10.3 Å². The number of hydrogen-bond acceptors (Lipinski definition) is 4. The quantitative estimate of drug-likeness (QED) is 0.841. The van der Waals surface area contributed by atoms with Crippen molar-refractivity contribution in [3.63, 3.8) is 0 Å². The summed E-state index contributed by atoms with van der Waals surface area (Å²) in [6, 6.07) is 13.8. The molecule has 0 fully saturated rings. The van der Waals surface area contributed by atoms with Crippen molar-refractivity contribution in [2.45, 2.75) is 33.4 Å². The molecular formula is C17H22N2O2. The van der Waals surface area contributed by atoms with Crippen molar-refractivity contribution in [3.8, 4) is 17.4 Å². The molecule has 0 saturated heterocycles. The van der Waals surface area contributed by atoms with E-state index >= 15 is 0 Å². The summed E-state index contributed by atoms with van der Waals surface area (Å²) in [6.45, 7) is 7.58. The van der Waals surface area contributed by atoms with E-state index in [1.165, 1.54) is 0 Å². The minimum Gasteiger partial charge on any atom is -0.494 e. The van der Waals surface area contributed by atoms with E-state index in [1.807, 2.05) is 49.4 Å². The molecule has 4 nitrogen and oxygen atoms in total. The number of nitrogens with one attached hydrogen (secondary N) is 1. The maximum atomic E-state index is 5.76. The molecule has 21 heavy (non-hydrogen) atoms. The molecule has 112 valence electrons. The van der Waals surface area contributed by atoms with Gasteiger partial charge in [0.25, 0.3) is 0 Å². The smallest absolute Gasteiger partial charge is 0.219 e. The van der Waals surface area contributed by atoms with Crippen LogP contribution in [0.1, 0.15) is 26.5 Å². The van der Waals surface area contributed by atoms with Gasteiger partial charge in [0.05, 0.1) is 12.3 Å². The zero-order valence-corrected chi connectivity index (χ0v) is 12.8. The highest BCUT2D eigenvalue weighted by Gasteiger charge is 2.02. The summed E-state index contributed by atoms with van der Waals surface area (Å²) in [4.78, 5) is 4.48. The van der Waals surface area contributed by atoms with Gasteiger partial charge in [-0.3, -0.25) is 0 Å². The second-order valence-electron chi connectivity index (χ2n) is 5.01. The molecule has 0 aliphatic heterocycles. The van der Waals surface area contributed by atoms with Gasteiger partial charge in [-0.1, -0.05) is 19.9 Å². The van der Waals surface area contributed by atoms with E-state index in [2.05, 4.69) is 24.1 Å². The fourth-order valence-electron chi connectivity index (χ4n) is 1.81. The summed E-state index contributed by atoms with van der Waals surface area (Å²) < 4.78 is 11.2. The van der Waals surface area contributed by atoms with Crippen molar-refractivity contribution >= 4 is 0 Å². The molecule has 1 heterocycles. The molecule has 0 unspecified atom stereocenters. The highest BCUT2D eigenvalue weighted by molar-refractivity contribution is 5.33. The molecule has 0 aliphatic carbocycles. The van der Waals surface area contributed by atoms with Crippen LogP contribution in [0.5, 0.6) is 17.4 Å². The molecule has 0 radical (unpaired) electrons. The standard InChI is InChI=1S/C17H22N2O2/c1-4-20-15-8-10-16(11-9-15)21-17-7-5-6-14(19-17)12-18-13(2)3/h5-11,13,18H,4,12H2,1-3H3. The van der Waals surface area contributed by atoms with Crippen molar-refractivity contribution in [3.05, 3.63) is 48.2 Å². The van der Waals surface area contributed by atoms with Crippen molar-refractivity contribution < 1.29 is 9.47 Å². The molecule has 4 heteroatoms. The molecule has 0 amide bonds. The molecule has 2 aromatic rings. The average Bonchev–Trinajstić information content (AvgIpc) is 2.48. The lowest BCUT2D eigenvalue weighted by Gasteiger charge is -2.10. The van der Waals surface area contributed by atoms with Crippen LogP contribution in [-0.4, -0.2) is 17.6 Å². The van der Waals surface area contributed by atoms with E-state index in [0.717, 1.165) is 23.7 Å². The van der Waals surface area contributed by atoms with Crippen molar-refractivity contribution in [1.29, 1.82) is 0 Å². The third-order valence-corrected chi connectivity index (χ3v) is 2.83. The lowest BCUT2D eigenvalue weighted by Crippen LogP contribution is -2.22. The summed E-state index contributed by atoms with van der Waals surface area (Å²) in [5.74, 6) is 2.19. The number of nitrogens with zero attached hydrogens (tertiary/aromatic N) is 1. The molecule has 1 aromatic heterocycles. The van der Waals surface area contributed by atoms with E-state index < -0.39 is 0 Å². The van der Waals surface area contributed by atoms with Gasteiger partial charge in [0.1, 0.15) is 11.5 Å². The zero-order valence-electron chi connectivity index (χ0n) is 12.8. The molecule has 2 rings (SSSR count). The Morgan fingerprint density at radius 3 is 2.43 bits per heavy atom. The summed E-state index contributed by atoms with van der Waals surface area (Å²) in [6.07, 6.45) is 0. The van der Waals surface area contributed by atoms with E-state index in [0.29, 0.717) is 18.5 Å². The Bertz CT molecular complexity index is 553. The Hall–Kier alpha value is -2.07. The number of benzene rings is 1. The monoisotopic (exact) mass is 286 g/mol. The maximum Gasteiger partial charge on any atom is 0.219 e. The van der Waals surface area contributed by atoms with Gasteiger partial charge >= 0.3 is 0 Å². The fraction of sp³-hybridized carbons (Fsp3) is 0.353. The molecule has 0 atom stereocenters. The predicted molar refractivity (Wildman–Crippen MR) is 83.9 cm³/mol. The normalized spacial score (nSPS) is 10.7. The first-order valence-electron chi connectivity index (χ1n) is 7.27. The summed E-state index contributed by atoms with van der Waals surface area (Å²) in [7, 11) is 0. The highest BCUT2D eigenvalue weighted by atomic mass is 16.5. The topological polar surface area (TPSA) is 43.4 Å². The molecule has 0 spiro atoms. The van der Waals surface area contributed by atoms with Gasteiger partial charge in [0.15, 0.2) is 0 Å². The Balaban J connectivity index is 2.00. The van der Waals surface area contributed by atoms with Gasteiger partial charge in [-0.2, -0.15) is 0 Å². The number of ether oxygens (including phenoxy) is 2. The lowest BCUT2D eigenvalue weighted by atomic mass is 10.3.